The van der Waals surface area contributed by atoms with E-state index < -0.39 is 11.8 Å². The van der Waals surface area contributed by atoms with Crippen LogP contribution in [-0.2, 0) is 29.0 Å². The van der Waals surface area contributed by atoms with Crippen molar-refractivity contribution < 1.29 is 9.59 Å². The highest BCUT2D eigenvalue weighted by molar-refractivity contribution is 6.43. The number of carbonyl (C=O) groups excluding carboxylic acids is 2. The minimum Gasteiger partial charge on any atom is -0.318 e. The Labute approximate surface area is 174 Å². The largest absolute Gasteiger partial charge is 0.318 e. The topological polar surface area (TPSA) is 93.1 Å². The molecule has 0 fully saturated rings. The van der Waals surface area contributed by atoms with Gasteiger partial charge in [-0.1, -0.05) is 31.5 Å². The van der Waals surface area contributed by atoms with E-state index in [-0.39, 0.29) is 5.56 Å². The Morgan fingerprint density at radius 2 is 1.83 bits per heavy atom. The first-order valence-corrected chi connectivity index (χ1v) is 10.3. The molecule has 3 aromatic rings. The van der Waals surface area contributed by atoms with Gasteiger partial charge in [-0.25, -0.2) is 4.98 Å². The molecule has 7 nitrogen and oxygen atoms in total. The minimum absolute atomic E-state index is 0.102. The van der Waals surface area contributed by atoms with Crippen molar-refractivity contribution in [3.63, 3.8) is 0 Å². The van der Waals surface area contributed by atoms with Gasteiger partial charge in [-0.2, -0.15) is 0 Å². The third-order valence-electron chi connectivity index (χ3n) is 5.43. The zero-order chi connectivity index (χ0) is 21.1. The molecule has 7 heteroatoms. The molecule has 2 amide bonds. The van der Waals surface area contributed by atoms with Crippen LogP contribution < -0.4 is 16.2 Å². The van der Waals surface area contributed by atoms with Crippen molar-refractivity contribution in [3.8, 4) is 0 Å². The molecule has 1 aromatic heterocycles. The number of aromatic nitrogens is 2. The van der Waals surface area contributed by atoms with E-state index in [1.54, 1.807) is 34.9 Å². The van der Waals surface area contributed by atoms with E-state index in [0.29, 0.717) is 28.8 Å². The molecule has 0 unspecified atom stereocenters. The number of benzene rings is 2. The average Bonchev–Trinajstić information content (AvgIpc) is 3.00. The molecular weight excluding hydrogens is 380 g/mol. The summed E-state index contributed by atoms with van der Waals surface area (Å²) in [5, 5.41) is 5.67. The van der Waals surface area contributed by atoms with Gasteiger partial charge in [0.25, 0.3) is 5.56 Å². The molecule has 0 radical (unpaired) electrons. The van der Waals surface area contributed by atoms with Gasteiger partial charge in [-0.15, -0.1) is 0 Å². The normalized spacial score (nSPS) is 13.4. The van der Waals surface area contributed by atoms with Crippen LogP contribution in [-0.4, -0.2) is 21.4 Å². The van der Waals surface area contributed by atoms with Crippen molar-refractivity contribution in [3.05, 3.63) is 64.2 Å². The predicted molar refractivity (Wildman–Crippen MR) is 117 cm³/mol. The fraction of sp³-hybridized carbons (Fsp3) is 0.304. The second kappa shape index (κ2) is 8.49. The third-order valence-corrected chi connectivity index (χ3v) is 5.43. The van der Waals surface area contributed by atoms with Gasteiger partial charge in [0.2, 0.25) is 0 Å². The maximum Gasteiger partial charge on any atom is 0.314 e. The number of anilines is 2. The van der Waals surface area contributed by atoms with Gasteiger partial charge in [-0.05, 0) is 49.1 Å². The van der Waals surface area contributed by atoms with Gasteiger partial charge in [0.05, 0.1) is 10.9 Å². The van der Waals surface area contributed by atoms with Crippen molar-refractivity contribution in [1.82, 2.24) is 9.55 Å². The molecule has 4 rings (SSSR count). The zero-order valence-corrected chi connectivity index (χ0v) is 16.9. The van der Waals surface area contributed by atoms with E-state index in [0.717, 1.165) is 43.5 Å². The summed E-state index contributed by atoms with van der Waals surface area (Å²) < 4.78 is 1.73. The van der Waals surface area contributed by atoms with Crippen LogP contribution in [0, 0.1) is 0 Å². The quantitative estimate of drug-likeness (QED) is 0.655. The number of aryl methyl sites for hydroxylation is 2. The van der Waals surface area contributed by atoms with E-state index in [2.05, 4.69) is 15.6 Å². The van der Waals surface area contributed by atoms with Crippen LogP contribution in [0.25, 0.3) is 10.9 Å². The summed E-state index contributed by atoms with van der Waals surface area (Å²) in [6.45, 7) is 2.64. The summed E-state index contributed by atoms with van der Waals surface area (Å²) in [5.41, 5.74) is 2.45. The molecule has 0 spiro atoms. The Balaban J connectivity index is 1.56. The van der Waals surface area contributed by atoms with Gasteiger partial charge >= 0.3 is 11.8 Å². The van der Waals surface area contributed by atoms with Crippen molar-refractivity contribution in [2.45, 2.75) is 45.6 Å². The number of nitrogens with one attached hydrogen (secondary N) is 2. The zero-order valence-electron chi connectivity index (χ0n) is 16.9. The van der Waals surface area contributed by atoms with Gasteiger partial charge in [0.15, 0.2) is 0 Å². The molecule has 30 heavy (non-hydrogen) atoms. The van der Waals surface area contributed by atoms with E-state index in [1.165, 1.54) is 0 Å². The van der Waals surface area contributed by atoms with Gasteiger partial charge in [0, 0.05) is 24.3 Å². The predicted octanol–water partition coefficient (Wildman–Crippen LogP) is 3.26. The first-order valence-electron chi connectivity index (χ1n) is 10.3. The van der Waals surface area contributed by atoms with Crippen LogP contribution >= 0.6 is 0 Å². The number of nitrogens with zero attached hydrogens (tertiary/aromatic N) is 2. The minimum atomic E-state index is -0.789. The maximum absolute atomic E-state index is 12.9. The lowest BCUT2D eigenvalue weighted by Crippen LogP contribution is -2.29. The Bertz CT molecular complexity index is 1180. The van der Waals surface area contributed by atoms with Crippen molar-refractivity contribution >= 4 is 34.1 Å². The lowest BCUT2D eigenvalue weighted by molar-refractivity contribution is -0.133. The Morgan fingerprint density at radius 1 is 1.03 bits per heavy atom. The Hall–Kier alpha value is -3.48. The Morgan fingerprint density at radius 3 is 2.67 bits per heavy atom. The highest BCUT2D eigenvalue weighted by atomic mass is 16.2. The lowest BCUT2D eigenvalue weighted by atomic mass is 10.1. The number of hydrogen-bond donors (Lipinski definition) is 2. The van der Waals surface area contributed by atoms with E-state index in [1.807, 2.05) is 19.1 Å². The summed E-state index contributed by atoms with van der Waals surface area (Å²) in [7, 11) is 0. The van der Waals surface area contributed by atoms with E-state index in [4.69, 9.17) is 0 Å². The van der Waals surface area contributed by atoms with Gasteiger partial charge in [0.1, 0.15) is 5.82 Å². The maximum atomic E-state index is 12.9. The van der Waals surface area contributed by atoms with Crippen LogP contribution in [0.2, 0.25) is 0 Å². The first-order chi connectivity index (χ1) is 14.6. The number of para-hydroxylation sites is 1. The summed E-state index contributed by atoms with van der Waals surface area (Å²) in [5.74, 6) is -0.730. The first kappa shape index (κ1) is 19.8. The van der Waals surface area contributed by atoms with Crippen LogP contribution in [0.4, 0.5) is 11.4 Å². The number of fused-ring (bicyclic) bond motifs is 2. The molecule has 2 heterocycles. The second-order valence-electron chi connectivity index (χ2n) is 7.45. The molecule has 154 valence electrons. The molecule has 0 bridgehead atoms. The number of rotatable bonds is 3. The van der Waals surface area contributed by atoms with Gasteiger partial charge < -0.3 is 10.6 Å². The molecule has 2 aromatic carbocycles. The van der Waals surface area contributed by atoms with E-state index >= 15 is 0 Å². The fourth-order valence-corrected chi connectivity index (χ4v) is 3.81. The molecular formula is C23H24N4O3. The SMILES string of the molecule is CCc1ccccc1NC(=O)C(=O)Nc1ccc2nc3n(c(=O)c2c1)CCCCC3. The second-order valence-corrected chi connectivity index (χ2v) is 7.45. The number of amides is 2. The fourth-order valence-electron chi connectivity index (χ4n) is 3.81. The molecule has 1 aliphatic rings. The third kappa shape index (κ3) is 3.96. The van der Waals surface area contributed by atoms with Crippen molar-refractivity contribution in [2.75, 3.05) is 10.6 Å². The Kier molecular flexibility index (Phi) is 5.61. The monoisotopic (exact) mass is 404 g/mol. The number of carbonyl (C=O) groups is 2. The molecule has 0 saturated carbocycles. The summed E-state index contributed by atoms with van der Waals surface area (Å²) in [6, 6.07) is 12.3. The smallest absolute Gasteiger partial charge is 0.314 e. The van der Waals surface area contributed by atoms with Crippen molar-refractivity contribution in [1.29, 1.82) is 0 Å². The molecule has 0 aliphatic carbocycles. The van der Waals surface area contributed by atoms with E-state index in [9.17, 15) is 14.4 Å². The molecule has 1 aliphatic heterocycles. The van der Waals surface area contributed by atoms with Crippen LogP contribution in [0.3, 0.4) is 0 Å². The highest BCUT2D eigenvalue weighted by Gasteiger charge is 2.17. The highest BCUT2D eigenvalue weighted by Crippen LogP contribution is 2.19. The lowest BCUT2D eigenvalue weighted by Gasteiger charge is -2.12. The summed E-state index contributed by atoms with van der Waals surface area (Å²) in [4.78, 5) is 42.3. The molecule has 2 N–H and O–H groups in total. The van der Waals surface area contributed by atoms with Crippen LogP contribution in [0.5, 0.6) is 0 Å². The molecule has 0 atom stereocenters. The van der Waals surface area contributed by atoms with Gasteiger partial charge in [-0.3, -0.25) is 19.0 Å². The number of hydrogen-bond acceptors (Lipinski definition) is 4. The standard InChI is InChI=1S/C23H24N4O3/c1-2-15-8-5-6-9-18(15)26-22(29)21(28)24-16-11-12-19-17(14-16)23(30)27-13-7-3-4-10-20(27)25-19/h5-6,8-9,11-12,14H,2-4,7,10,13H2,1H3,(H,24,28)(H,26,29). The van der Waals surface area contributed by atoms with Crippen molar-refractivity contribution in [2.24, 2.45) is 0 Å². The molecule has 0 saturated heterocycles. The summed E-state index contributed by atoms with van der Waals surface area (Å²) >= 11 is 0. The van der Waals surface area contributed by atoms with Crippen LogP contribution in [0.15, 0.2) is 47.3 Å². The van der Waals surface area contributed by atoms with Crippen LogP contribution in [0.1, 0.15) is 37.6 Å². The summed E-state index contributed by atoms with van der Waals surface area (Å²) in [6.07, 6.45) is 4.60. The average molecular weight is 404 g/mol.